The van der Waals surface area contributed by atoms with Gasteiger partial charge in [0.25, 0.3) is 0 Å². The molecule has 1 aliphatic heterocycles. The summed E-state index contributed by atoms with van der Waals surface area (Å²) in [5.41, 5.74) is 0. The number of amides is 1. The van der Waals surface area contributed by atoms with Gasteiger partial charge in [0.05, 0.1) is 0 Å². The van der Waals surface area contributed by atoms with E-state index in [2.05, 4.69) is 12.2 Å². The molecule has 0 aliphatic carbocycles. The summed E-state index contributed by atoms with van der Waals surface area (Å²) in [6, 6.07) is 0. The third-order valence-corrected chi connectivity index (χ3v) is 2.88. The zero-order valence-electron chi connectivity index (χ0n) is 9.38. The van der Waals surface area contributed by atoms with Crippen LogP contribution in [-0.4, -0.2) is 37.0 Å². The molecule has 1 saturated heterocycles. The number of rotatable bonds is 4. The fourth-order valence-corrected chi connectivity index (χ4v) is 2.02. The Kier molecular flexibility index (Phi) is 4.94. The molecule has 1 heterocycles. The maximum absolute atomic E-state index is 11.3. The van der Waals surface area contributed by atoms with Gasteiger partial charge in [0.1, 0.15) is 0 Å². The highest BCUT2D eigenvalue weighted by atomic mass is 16.2. The van der Waals surface area contributed by atoms with Crippen LogP contribution in [0.15, 0.2) is 0 Å². The Morgan fingerprint density at radius 3 is 2.57 bits per heavy atom. The highest BCUT2D eigenvalue weighted by Crippen LogP contribution is 2.13. The first-order valence-electron chi connectivity index (χ1n) is 5.70. The molecule has 0 aromatic rings. The molecule has 0 aromatic heterocycles. The van der Waals surface area contributed by atoms with Gasteiger partial charge in [0.15, 0.2) is 0 Å². The van der Waals surface area contributed by atoms with Crippen LogP contribution in [0.3, 0.4) is 0 Å². The second kappa shape index (κ2) is 6.02. The van der Waals surface area contributed by atoms with Crippen molar-refractivity contribution in [2.24, 2.45) is 5.92 Å². The minimum absolute atomic E-state index is 0.227. The van der Waals surface area contributed by atoms with Crippen molar-refractivity contribution >= 4 is 5.91 Å². The maximum Gasteiger partial charge on any atom is 0.219 e. The Hall–Kier alpha value is -0.570. The lowest BCUT2D eigenvalue weighted by Gasteiger charge is -2.29. The number of carbonyl (C=O) groups excluding carboxylic acids is 1. The van der Waals surface area contributed by atoms with Crippen LogP contribution < -0.4 is 5.32 Å². The topological polar surface area (TPSA) is 32.3 Å². The number of hydrogen-bond donors (Lipinski definition) is 1. The van der Waals surface area contributed by atoms with E-state index in [0.717, 1.165) is 32.6 Å². The molecule has 0 saturated carbocycles. The number of hydrogen-bond acceptors (Lipinski definition) is 2. The van der Waals surface area contributed by atoms with Crippen LogP contribution in [0.5, 0.6) is 0 Å². The molecule has 1 amide bonds. The summed E-state index contributed by atoms with van der Waals surface area (Å²) >= 11 is 0. The average Bonchev–Trinajstić information content (AvgIpc) is 2.18. The molecule has 3 nitrogen and oxygen atoms in total. The summed E-state index contributed by atoms with van der Waals surface area (Å²) in [7, 11) is 0. The van der Waals surface area contributed by atoms with Crippen molar-refractivity contribution in [1.29, 1.82) is 0 Å². The predicted octanol–water partition coefficient (Wildman–Crippen LogP) is 1.24. The standard InChI is InChI=1S/C11H22N2O/c1-3-8-13(10(2)14)9-11-4-6-12-7-5-11/h11-12H,3-9H2,1-2H3. The van der Waals surface area contributed by atoms with Crippen LogP contribution >= 0.6 is 0 Å². The number of piperidine rings is 1. The molecule has 3 heteroatoms. The van der Waals surface area contributed by atoms with E-state index < -0.39 is 0 Å². The summed E-state index contributed by atoms with van der Waals surface area (Å²) in [6.45, 7) is 7.91. The van der Waals surface area contributed by atoms with E-state index in [4.69, 9.17) is 0 Å². The van der Waals surface area contributed by atoms with Gasteiger partial charge < -0.3 is 10.2 Å². The highest BCUT2D eigenvalue weighted by Gasteiger charge is 2.17. The third kappa shape index (κ3) is 3.66. The van der Waals surface area contributed by atoms with Crippen molar-refractivity contribution in [1.82, 2.24) is 10.2 Å². The number of carbonyl (C=O) groups is 1. The van der Waals surface area contributed by atoms with Gasteiger partial charge in [-0.2, -0.15) is 0 Å². The monoisotopic (exact) mass is 198 g/mol. The molecule has 1 fully saturated rings. The van der Waals surface area contributed by atoms with Crippen molar-refractivity contribution in [2.45, 2.75) is 33.1 Å². The fourth-order valence-electron chi connectivity index (χ4n) is 2.02. The van der Waals surface area contributed by atoms with E-state index >= 15 is 0 Å². The Morgan fingerprint density at radius 1 is 1.43 bits per heavy atom. The number of nitrogens with one attached hydrogen (secondary N) is 1. The quantitative estimate of drug-likeness (QED) is 0.737. The Balaban J connectivity index is 2.33. The van der Waals surface area contributed by atoms with Gasteiger partial charge in [-0.15, -0.1) is 0 Å². The maximum atomic E-state index is 11.3. The van der Waals surface area contributed by atoms with Crippen molar-refractivity contribution in [3.05, 3.63) is 0 Å². The molecule has 1 rings (SSSR count). The van der Waals surface area contributed by atoms with Crippen molar-refractivity contribution in [3.63, 3.8) is 0 Å². The summed E-state index contributed by atoms with van der Waals surface area (Å²) in [5.74, 6) is 0.942. The van der Waals surface area contributed by atoms with Crippen LogP contribution in [0.25, 0.3) is 0 Å². The molecule has 1 aliphatic rings. The molecule has 0 atom stereocenters. The summed E-state index contributed by atoms with van der Waals surface area (Å²) < 4.78 is 0. The Morgan fingerprint density at radius 2 is 2.07 bits per heavy atom. The average molecular weight is 198 g/mol. The van der Waals surface area contributed by atoms with E-state index in [1.54, 1.807) is 6.92 Å². The van der Waals surface area contributed by atoms with Crippen LogP contribution in [0, 0.1) is 5.92 Å². The van der Waals surface area contributed by atoms with Crippen LogP contribution in [0.4, 0.5) is 0 Å². The van der Waals surface area contributed by atoms with Crippen LogP contribution in [0.1, 0.15) is 33.1 Å². The lowest BCUT2D eigenvalue weighted by molar-refractivity contribution is -0.129. The Bertz CT molecular complexity index is 176. The predicted molar refractivity (Wildman–Crippen MR) is 58.1 cm³/mol. The van der Waals surface area contributed by atoms with E-state index in [1.165, 1.54) is 12.8 Å². The molecule has 14 heavy (non-hydrogen) atoms. The normalized spacial score (nSPS) is 18.1. The Labute approximate surface area is 86.9 Å². The molecule has 1 N–H and O–H groups in total. The molecular weight excluding hydrogens is 176 g/mol. The first kappa shape index (κ1) is 11.5. The van der Waals surface area contributed by atoms with Crippen molar-refractivity contribution in [3.8, 4) is 0 Å². The molecule has 0 spiro atoms. The lowest BCUT2D eigenvalue weighted by atomic mass is 9.97. The first-order chi connectivity index (χ1) is 6.74. The van der Waals surface area contributed by atoms with Gasteiger partial charge in [0, 0.05) is 20.0 Å². The molecular formula is C11H22N2O. The van der Waals surface area contributed by atoms with Crippen LogP contribution in [0.2, 0.25) is 0 Å². The summed E-state index contributed by atoms with van der Waals surface area (Å²) in [6.07, 6.45) is 3.49. The van der Waals surface area contributed by atoms with E-state index in [1.807, 2.05) is 4.90 Å². The lowest BCUT2D eigenvalue weighted by Crippen LogP contribution is -2.38. The SMILES string of the molecule is CCCN(CC1CCNCC1)C(C)=O. The summed E-state index contributed by atoms with van der Waals surface area (Å²) in [4.78, 5) is 13.3. The molecule has 0 aromatic carbocycles. The smallest absolute Gasteiger partial charge is 0.219 e. The minimum Gasteiger partial charge on any atom is -0.343 e. The fraction of sp³-hybridized carbons (Fsp3) is 0.909. The van der Waals surface area contributed by atoms with Gasteiger partial charge in [-0.1, -0.05) is 6.92 Å². The van der Waals surface area contributed by atoms with E-state index in [0.29, 0.717) is 5.92 Å². The summed E-state index contributed by atoms with van der Waals surface area (Å²) in [5, 5.41) is 3.35. The van der Waals surface area contributed by atoms with Gasteiger partial charge in [-0.3, -0.25) is 4.79 Å². The van der Waals surface area contributed by atoms with Gasteiger partial charge in [-0.05, 0) is 38.3 Å². The van der Waals surface area contributed by atoms with E-state index in [-0.39, 0.29) is 5.91 Å². The van der Waals surface area contributed by atoms with Gasteiger partial charge >= 0.3 is 0 Å². The zero-order valence-corrected chi connectivity index (χ0v) is 9.38. The highest BCUT2D eigenvalue weighted by molar-refractivity contribution is 5.73. The molecule has 0 unspecified atom stereocenters. The zero-order chi connectivity index (χ0) is 10.4. The molecule has 0 bridgehead atoms. The van der Waals surface area contributed by atoms with Crippen molar-refractivity contribution < 1.29 is 4.79 Å². The second-order valence-corrected chi connectivity index (χ2v) is 4.16. The van der Waals surface area contributed by atoms with E-state index in [9.17, 15) is 4.79 Å². The van der Waals surface area contributed by atoms with Crippen LogP contribution in [-0.2, 0) is 4.79 Å². The molecule has 0 radical (unpaired) electrons. The number of nitrogens with zero attached hydrogens (tertiary/aromatic N) is 1. The van der Waals surface area contributed by atoms with Gasteiger partial charge in [-0.25, -0.2) is 0 Å². The largest absolute Gasteiger partial charge is 0.343 e. The second-order valence-electron chi connectivity index (χ2n) is 4.16. The first-order valence-corrected chi connectivity index (χ1v) is 5.70. The van der Waals surface area contributed by atoms with Crippen molar-refractivity contribution in [2.75, 3.05) is 26.2 Å². The van der Waals surface area contributed by atoms with Gasteiger partial charge in [0.2, 0.25) is 5.91 Å². The third-order valence-electron chi connectivity index (χ3n) is 2.88. The molecule has 82 valence electrons. The minimum atomic E-state index is 0.227.